The van der Waals surface area contributed by atoms with Crippen molar-refractivity contribution in [1.82, 2.24) is 4.98 Å². The monoisotopic (exact) mass is 192 g/mol. The molecule has 0 unspecified atom stereocenters. The lowest BCUT2D eigenvalue weighted by Gasteiger charge is -2.00. The average molecular weight is 192 g/mol. The van der Waals surface area contributed by atoms with E-state index in [1.807, 2.05) is 0 Å². The lowest BCUT2D eigenvalue weighted by molar-refractivity contribution is 0.460. The highest BCUT2D eigenvalue weighted by Gasteiger charge is 2.02. The zero-order valence-electron chi connectivity index (χ0n) is 7.46. The number of hydrogen-bond acceptors (Lipinski definition) is 4. The summed E-state index contributed by atoms with van der Waals surface area (Å²) in [4.78, 5) is 24.5. The fourth-order valence-electron chi connectivity index (χ4n) is 1.26. The molecule has 0 aliphatic rings. The van der Waals surface area contributed by atoms with Crippen molar-refractivity contribution in [3.8, 4) is 0 Å². The first-order valence-electron chi connectivity index (χ1n) is 4.05. The Morgan fingerprint density at radius 3 is 2.86 bits per heavy atom. The van der Waals surface area contributed by atoms with E-state index in [0.717, 1.165) is 5.69 Å². The highest BCUT2D eigenvalue weighted by molar-refractivity contribution is 5.80. The summed E-state index contributed by atoms with van der Waals surface area (Å²) in [6, 6.07) is 5.01. The van der Waals surface area contributed by atoms with Crippen molar-refractivity contribution >= 4 is 16.6 Å². The molecule has 2 rings (SSSR count). The van der Waals surface area contributed by atoms with Crippen LogP contribution in [0.3, 0.4) is 0 Å². The van der Waals surface area contributed by atoms with Crippen LogP contribution in [0.25, 0.3) is 10.9 Å². The van der Waals surface area contributed by atoms with Crippen LogP contribution in [0.4, 0.5) is 5.69 Å². The number of aromatic nitrogens is 1. The van der Waals surface area contributed by atoms with Crippen LogP contribution in [0.1, 0.15) is 0 Å². The molecule has 2 N–H and O–H groups in total. The Morgan fingerprint density at radius 1 is 1.36 bits per heavy atom. The Labute approximate surface area is 78.4 Å². The quantitative estimate of drug-likeness (QED) is 0.690. The van der Waals surface area contributed by atoms with Crippen molar-refractivity contribution in [1.29, 1.82) is 0 Å². The van der Waals surface area contributed by atoms with E-state index in [2.05, 4.69) is 14.7 Å². The van der Waals surface area contributed by atoms with E-state index < -0.39 is 11.4 Å². The summed E-state index contributed by atoms with van der Waals surface area (Å²) >= 11 is 0. The molecule has 0 radical (unpaired) electrons. The van der Waals surface area contributed by atoms with E-state index in [1.165, 1.54) is 0 Å². The Hall–Kier alpha value is -2.04. The average Bonchev–Trinajstić information content (AvgIpc) is 2.16. The van der Waals surface area contributed by atoms with E-state index in [0.29, 0.717) is 10.9 Å². The van der Waals surface area contributed by atoms with Gasteiger partial charge in [0, 0.05) is 12.7 Å². The van der Waals surface area contributed by atoms with Crippen LogP contribution < -0.4 is 16.7 Å². The third-order valence-electron chi connectivity index (χ3n) is 1.95. The van der Waals surface area contributed by atoms with Crippen molar-refractivity contribution in [2.45, 2.75) is 0 Å². The molecular weight excluding hydrogens is 184 g/mol. The smallest absolute Gasteiger partial charge is 0.388 e. The van der Waals surface area contributed by atoms with Gasteiger partial charge in [-0.15, -0.1) is 0 Å². The van der Waals surface area contributed by atoms with Crippen LogP contribution >= 0.6 is 0 Å². The number of nitrogens with one attached hydrogen (secondary N) is 2. The van der Waals surface area contributed by atoms with Crippen molar-refractivity contribution in [3.05, 3.63) is 39.2 Å². The van der Waals surface area contributed by atoms with Crippen LogP contribution in [0.15, 0.2) is 32.2 Å². The molecule has 0 bridgehead atoms. The minimum atomic E-state index is -0.740. The standard InChI is InChI=1S/C9H8N2O3/c1-10-5-2-3-6-7(4-5)11-9(13)14-8(6)12/h2-4,10H,1H3,(H,11,13). The molecule has 14 heavy (non-hydrogen) atoms. The van der Waals surface area contributed by atoms with Gasteiger partial charge in [0.15, 0.2) is 0 Å². The number of fused-ring (bicyclic) bond motifs is 1. The van der Waals surface area contributed by atoms with Crippen LogP contribution in [-0.4, -0.2) is 12.0 Å². The number of benzene rings is 1. The molecule has 0 spiro atoms. The second-order valence-electron chi connectivity index (χ2n) is 2.81. The summed E-state index contributed by atoms with van der Waals surface area (Å²) in [5.74, 6) is -0.740. The Balaban J connectivity index is 2.89. The number of hydrogen-bond donors (Lipinski definition) is 2. The van der Waals surface area contributed by atoms with Gasteiger partial charge in [0.05, 0.1) is 10.9 Å². The largest absolute Gasteiger partial charge is 0.419 e. The highest BCUT2D eigenvalue weighted by atomic mass is 16.4. The zero-order chi connectivity index (χ0) is 10.1. The summed E-state index contributed by atoms with van der Waals surface area (Å²) in [5, 5.41) is 3.27. The maximum atomic E-state index is 11.2. The summed E-state index contributed by atoms with van der Waals surface area (Å²) in [6.45, 7) is 0. The lowest BCUT2D eigenvalue weighted by Crippen LogP contribution is -2.14. The number of anilines is 1. The van der Waals surface area contributed by atoms with Crippen LogP contribution in [0, 0.1) is 0 Å². The molecule has 2 aromatic rings. The molecule has 0 fully saturated rings. The molecule has 0 saturated carbocycles. The maximum Gasteiger partial charge on any atom is 0.419 e. The normalized spacial score (nSPS) is 10.4. The number of H-pyrrole nitrogens is 1. The summed E-state index contributed by atoms with van der Waals surface area (Å²) in [7, 11) is 1.75. The predicted molar refractivity (Wildman–Crippen MR) is 52.7 cm³/mol. The summed E-state index contributed by atoms with van der Waals surface area (Å²) in [5.41, 5.74) is 0.670. The molecule has 5 nitrogen and oxygen atoms in total. The molecule has 0 aliphatic heterocycles. The van der Waals surface area contributed by atoms with Gasteiger partial charge < -0.3 is 9.73 Å². The van der Waals surface area contributed by atoms with Gasteiger partial charge in [0.25, 0.3) is 0 Å². The second kappa shape index (κ2) is 3.02. The maximum absolute atomic E-state index is 11.2. The molecule has 0 aliphatic carbocycles. The van der Waals surface area contributed by atoms with Crippen molar-refractivity contribution in [3.63, 3.8) is 0 Å². The third-order valence-corrected chi connectivity index (χ3v) is 1.95. The molecule has 0 amide bonds. The first-order valence-corrected chi connectivity index (χ1v) is 4.05. The third kappa shape index (κ3) is 1.28. The Kier molecular flexibility index (Phi) is 1.85. The van der Waals surface area contributed by atoms with Gasteiger partial charge in [0.2, 0.25) is 0 Å². The SMILES string of the molecule is CNc1ccc2c(=O)oc(=O)[nH]c2c1. The van der Waals surface area contributed by atoms with E-state index >= 15 is 0 Å². The first kappa shape index (κ1) is 8.55. The van der Waals surface area contributed by atoms with Gasteiger partial charge in [-0.3, -0.25) is 4.98 Å². The van der Waals surface area contributed by atoms with Crippen molar-refractivity contribution in [2.75, 3.05) is 12.4 Å². The molecular formula is C9H8N2O3. The van der Waals surface area contributed by atoms with E-state index in [4.69, 9.17) is 0 Å². The Bertz CT molecular complexity index is 582. The fourth-order valence-corrected chi connectivity index (χ4v) is 1.26. The van der Waals surface area contributed by atoms with Crippen LogP contribution in [0.5, 0.6) is 0 Å². The molecule has 1 aromatic heterocycles. The van der Waals surface area contributed by atoms with Crippen LogP contribution in [-0.2, 0) is 0 Å². The number of aromatic amines is 1. The van der Waals surface area contributed by atoms with Gasteiger partial charge in [-0.25, -0.2) is 9.59 Å². The minimum absolute atomic E-state index is 0.364. The summed E-state index contributed by atoms with van der Waals surface area (Å²) < 4.78 is 4.38. The predicted octanol–water partition coefficient (Wildman–Crippen LogP) is 0.523. The van der Waals surface area contributed by atoms with Gasteiger partial charge in [0.1, 0.15) is 0 Å². The molecule has 72 valence electrons. The van der Waals surface area contributed by atoms with Gasteiger partial charge in [-0.05, 0) is 18.2 Å². The second-order valence-corrected chi connectivity index (χ2v) is 2.81. The lowest BCUT2D eigenvalue weighted by atomic mass is 10.2. The van der Waals surface area contributed by atoms with Crippen LogP contribution in [0.2, 0.25) is 0 Å². The van der Waals surface area contributed by atoms with Crippen molar-refractivity contribution in [2.24, 2.45) is 0 Å². The highest BCUT2D eigenvalue weighted by Crippen LogP contribution is 2.12. The molecule has 0 atom stereocenters. The fraction of sp³-hybridized carbons (Fsp3) is 0.111. The minimum Gasteiger partial charge on any atom is -0.388 e. The van der Waals surface area contributed by atoms with Gasteiger partial charge >= 0.3 is 11.4 Å². The zero-order valence-corrected chi connectivity index (χ0v) is 7.46. The van der Waals surface area contributed by atoms with Gasteiger partial charge in [-0.2, -0.15) is 0 Å². The first-order chi connectivity index (χ1) is 6.70. The Morgan fingerprint density at radius 2 is 2.14 bits per heavy atom. The van der Waals surface area contributed by atoms with E-state index in [9.17, 15) is 9.59 Å². The van der Waals surface area contributed by atoms with E-state index in [1.54, 1.807) is 25.2 Å². The number of rotatable bonds is 1. The van der Waals surface area contributed by atoms with Gasteiger partial charge in [-0.1, -0.05) is 0 Å². The topological polar surface area (TPSA) is 75.1 Å². The molecule has 5 heteroatoms. The summed E-state index contributed by atoms with van der Waals surface area (Å²) in [6.07, 6.45) is 0. The molecule has 1 aromatic carbocycles. The molecule has 1 heterocycles. The van der Waals surface area contributed by atoms with Crippen molar-refractivity contribution < 1.29 is 4.42 Å². The van der Waals surface area contributed by atoms with E-state index in [-0.39, 0.29) is 0 Å². The molecule has 0 saturated heterocycles.